The Hall–Kier alpha value is -1.84. The zero-order chi connectivity index (χ0) is 9.97. The highest BCUT2D eigenvalue weighted by molar-refractivity contribution is 5.96. The molecule has 0 aliphatic carbocycles. The summed E-state index contributed by atoms with van der Waals surface area (Å²) in [7, 11) is 0. The van der Waals surface area contributed by atoms with E-state index in [0.29, 0.717) is 24.4 Å². The van der Waals surface area contributed by atoms with Gasteiger partial charge in [0, 0.05) is 12.0 Å². The SMILES string of the molecule is NC1=NN(C(=O)c2ccccc2)CC1. The summed E-state index contributed by atoms with van der Waals surface area (Å²) in [4.78, 5) is 11.8. The molecule has 0 saturated carbocycles. The first kappa shape index (κ1) is 8.74. The van der Waals surface area contributed by atoms with Gasteiger partial charge < -0.3 is 5.73 Å². The molecule has 1 heterocycles. The summed E-state index contributed by atoms with van der Waals surface area (Å²) in [5, 5.41) is 5.35. The molecule has 14 heavy (non-hydrogen) atoms. The normalized spacial score (nSPS) is 15.4. The predicted molar refractivity (Wildman–Crippen MR) is 53.7 cm³/mol. The van der Waals surface area contributed by atoms with Crippen molar-refractivity contribution in [1.29, 1.82) is 0 Å². The third kappa shape index (κ3) is 1.59. The average molecular weight is 189 g/mol. The van der Waals surface area contributed by atoms with Crippen molar-refractivity contribution in [3.8, 4) is 0 Å². The highest BCUT2D eigenvalue weighted by Crippen LogP contribution is 2.09. The molecule has 0 fully saturated rings. The number of hydrogen-bond donors (Lipinski definition) is 1. The maximum absolute atomic E-state index is 11.8. The van der Waals surface area contributed by atoms with Gasteiger partial charge in [0.05, 0.1) is 6.54 Å². The lowest BCUT2D eigenvalue weighted by Gasteiger charge is -2.10. The number of carbonyl (C=O) groups is 1. The Morgan fingerprint density at radius 1 is 1.36 bits per heavy atom. The molecule has 1 aliphatic rings. The third-order valence-electron chi connectivity index (χ3n) is 2.08. The quantitative estimate of drug-likeness (QED) is 0.710. The molecule has 0 radical (unpaired) electrons. The van der Waals surface area contributed by atoms with E-state index in [1.807, 2.05) is 18.2 Å². The number of rotatable bonds is 1. The predicted octanol–water partition coefficient (Wildman–Crippen LogP) is 0.805. The number of carbonyl (C=O) groups excluding carboxylic acids is 1. The van der Waals surface area contributed by atoms with Crippen molar-refractivity contribution < 1.29 is 4.79 Å². The molecule has 1 aromatic rings. The molecule has 4 heteroatoms. The van der Waals surface area contributed by atoms with Crippen LogP contribution in [0.4, 0.5) is 0 Å². The van der Waals surface area contributed by atoms with E-state index in [1.54, 1.807) is 12.1 Å². The summed E-state index contributed by atoms with van der Waals surface area (Å²) >= 11 is 0. The second-order valence-corrected chi connectivity index (χ2v) is 3.14. The largest absolute Gasteiger partial charge is 0.386 e. The molecule has 1 aliphatic heterocycles. The first-order valence-corrected chi connectivity index (χ1v) is 4.47. The van der Waals surface area contributed by atoms with Crippen molar-refractivity contribution >= 4 is 11.7 Å². The van der Waals surface area contributed by atoms with Gasteiger partial charge in [-0.25, -0.2) is 5.01 Å². The monoisotopic (exact) mass is 189 g/mol. The molecule has 0 aromatic heterocycles. The standard InChI is InChI=1S/C10H11N3O/c11-9-6-7-13(12-9)10(14)8-4-2-1-3-5-8/h1-5H,6-7H2,(H2,11,12). The van der Waals surface area contributed by atoms with E-state index < -0.39 is 0 Å². The minimum absolute atomic E-state index is 0.0916. The number of amidine groups is 1. The number of nitrogens with zero attached hydrogens (tertiary/aromatic N) is 2. The lowest BCUT2D eigenvalue weighted by Crippen LogP contribution is -2.23. The Labute approximate surface area is 82.0 Å². The van der Waals surface area contributed by atoms with E-state index in [1.165, 1.54) is 5.01 Å². The molecule has 0 saturated heterocycles. The minimum atomic E-state index is -0.0916. The van der Waals surface area contributed by atoms with Crippen LogP contribution in [0, 0.1) is 0 Å². The Kier molecular flexibility index (Phi) is 2.18. The van der Waals surface area contributed by atoms with Crippen LogP contribution in [0.15, 0.2) is 35.4 Å². The molecule has 0 spiro atoms. The molecule has 72 valence electrons. The Morgan fingerprint density at radius 2 is 2.07 bits per heavy atom. The van der Waals surface area contributed by atoms with Crippen molar-refractivity contribution in [2.75, 3.05) is 6.54 Å². The summed E-state index contributed by atoms with van der Waals surface area (Å²) in [6.45, 7) is 0.583. The van der Waals surface area contributed by atoms with Gasteiger partial charge in [0.25, 0.3) is 5.91 Å². The van der Waals surface area contributed by atoms with E-state index in [0.717, 1.165) is 0 Å². The lowest BCUT2D eigenvalue weighted by atomic mass is 10.2. The number of hydrazone groups is 1. The molecule has 2 N–H and O–H groups in total. The number of nitrogens with two attached hydrogens (primary N) is 1. The van der Waals surface area contributed by atoms with Gasteiger partial charge in [-0.2, -0.15) is 5.10 Å². The minimum Gasteiger partial charge on any atom is -0.386 e. The molecule has 4 nitrogen and oxygen atoms in total. The van der Waals surface area contributed by atoms with Gasteiger partial charge in [-0.1, -0.05) is 18.2 Å². The molecular formula is C10H11N3O. The van der Waals surface area contributed by atoms with Gasteiger partial charge in [0.2, 0.25) is 0 Å². The zero-order valence-electron chi connectivity index (χ0n) is 7.68. The van der Waals surface area contributed by atoms with Crippen LogP contribution in [0.5, 0.6) is 0 Å². The fourth-order valence-electron chi connectivity index (χ4n) is 1.35. The van der Waals surface area contributed by atoms with Crippen LogP contribution in [0.1, 0.15) is 16.8 Å². The highest BCUT2D eigenvalue weighted by Gasteiger charge is 2.19. The first-order valence-electron chi connectivity index (χ1n) is 4.47. The summed E-state index contributed by atoms with van der Waals surface area (Å²) in [5.74, 6) is 0.431. The second kappa shape index (κ2) is 3.49. The van der Waals surface area contributed by atoms with Gasteiger partial charge in [-0.3, -0.25) is 4.79 Å². The zero-order valence-corrected chi connectivity index (χ0v) is 7.68. The van der Waals surface area contributed by atoms with E-state index in [2.05, 4.69) is 5.10 Å². The van der Waals surface area contributed by atoms with Crippen LogP contribution < -0.4 is 5.73 Å². The molecule has 0 unspecified atom stereocenters. The summed E-state index contributed by atoms with van der Waals surface area (Å²) in [6.07, 6.45) is 0.665. The van der Waals surface area contributed by atoms with Crippen LogP contribution in [-0.2, 0) is 0 Å². The number of benzene rings is 1. The van der Waals surface area contributed by atoms with Gasteiger partial charge in [-0.15, -0.1) is 0 Å². The lowest BCUT2D eigenvalue weighted by molar-refractivity contribution is 0.0778. The summed E-state index contributed by atoms with van der Waals surface area (Å²) in [5.41, 5.74) is 6.14. The Morgan fingerprint density at radius 3 is 2.64 bits per heavy atom. The van der Waals surface area contributed by atoms with Crippen molar-refractivity contribution in [2.45, 2.75) is 6.42 Å². The maximum atomic E-state index is 11.8. The van der Waals surface area contributed by atoms with E-state index in [-0.39, 0.29) is 5.91 Å². The molecule has 1 amide bonds. The van der Waals surface area contributed by atoms with Crippen LogP contribution in [0.25, 0.3) is 0 Å². The van der Waals surface area contributed by atoms with Crippen LogP contribution in [0.3, 0.4) is 0 Å². The fraction of sp³-hybridized carbons (Fsp3) is 0.200. The van der Waals surface area contributed by atoms with E-state index in [9.17, 15) is 4.79 Å². The van der Waals surface area contributed by atoms with Crippen LogP contribution >= 0.6 is 0 Å². The summed E-state index contributed by atoms with van der Waals surface area (Å²) in [6, 6.07) is 9.07. The first-order chi connectivity index (χ1) is 6.77. The maximum Gasteiger partial charge on any atom is 0.274 e. The number of hydrogen-bond acceptors (Lipinski definition) is 3. The smallest absolute Gasteiger partial charge is 0.274 e. The molecular weight excluding hydrogens is 178 g/mol. The molecule has 0 atom stereocenters. The number of amides is 1. The second-order valence-electron chi connectivity index (χ2n) is 3.14. The van der Waals surface area contributed by atoms with Crippen molar-refractivity contribution in [3.63, 3.8) is 0 Å². The third-order valence-corrected chi connectivity index (χ3v) is 2.08. The average Bonchev–Trinajstić information content (AvgIpc) is 2.65. The van der Waals surface area contributed by atoms with Gasteiger partial charge in [0.1, 0.15) is 5.84 Å². The van der Waals surface area contributed by atoms with Gasteiger partial charge >= 0.3 is 0 Å². The van der Waals surface area contributed by atoms with E-state index >= 15 is 0 Å². The van der Waals surface area contributed by atoms with Crippen molar-refractivity contribution in [1.82, 2.24) is 5.01 Å². The van der Waals surface area contributed by atoms with Crippen LogP contribution in [0.2, 0.25) is 0 Å². The fourth-order valence-corrected chi connectivity index (χ4v) is 1.35. The molecule has 2 rings (SSSR count). The Balaban J connectivity index is 2.18. The van der Waals surface area contributed by atoms with Crippen molar-refractivity contribution in [3.05, 3.63) is 35.9 Å². The topological polar surface area (TPSA) is 58.7 Å². The Bertz CT molecular complexity index is 372. The van der Waals surface area contributed by atoms with E-state index in [4.69, 9.17) is 5.73 Å². The summed E-state index contributed by atoms with van der Waals surface area (Å²) < 4.78 is 0. The highest BCUT2D eigenvalue weighted by atomic mass is 16.2. The van der Waals surface area contributed by atoms with Crippen molar-refractivity contribution in [2.24, 2.45) is 10.8 Å². The molecule has 0 bridgehead atoms. The molecule has 1 aromatic carbocycles. The van der Waals surface area contributed by atoms with Gasteiger partial charge in [0.15, 0.2) is 0 Å². The van der Waals surface area contributed by atoms with Crippen LogP contribution in [-0.4, -0.2) is 23.3 Å². The van der Waals surface area contributed by atoms with Gasteiger partial charge in [-0.05, 0) is 12.1 Å².